The number of aryl methyl sites for hydroxylation is 1. The highest BCUT2D eigenvalue weighted by Crippen LogP contribution is 2.27. The Bertz CT molecular complexity index is 567. The van der Waals surface area contributed by atoms with E-state index in [1.165, 1.54) is 17.4 Å². The van der Waals surface area contributed by atoms with Crippen LogP contribution in [-0.4, -0.2) is 5.78 Å². The van der Waals surface area contributed by atoms with Crippen molar-refractivity contribution in [2.24, 2.45) is 0 Å². The first-order chi connectivity index (χ1) is 8.16. The summed E-state index contributed by atoms with van der Waals surface area (Å²) in [6.45, 7) is 1.56. The molecule has 0 saturated carbocycles. The molecule has 17 heavy (non-hydrogen) atoms. The molecule has 0 saturated heterocycles. The van der Waals surface area contributed by atoms with Crippen LogP contribution in [0.25, 0.3) is 10.6 Å². The van der Waals surface area contributed by atoms with Crippen LogP contribution < -0.4 is 5.63 Å². The fraction of sp³-hybridized carbons (Fsp3) is 0.231. The topological polar surface area (TPSA) is 47.3 Å². The highest BCUT2D eigenvalue weighted by Gasteiger charge is 2.10. The smallest absolute Gasteiger partial charge is 0.336 e. The van der Waals surface area contributed by atoms with E-state index in [0.717, 1.165) is 10.4 Å². The molecule has 0 radical (unpaired) electrons. The molecule has 3 nitrogen and oxygen atoms in total. The van der Waals surface area contributed by atoms with Crippen LogP contribution >= 0.6 is 11.3 Å². The first-order valence-electron chi connectivity index (χ1n) is 5.33. The van der Waals surface area contributed by atoms with E-state index in [-0.39, 0.29) is 11.4 Å². The number of hydrogen-bond acceptors (Lipinski definition) is 4. The Morgan fingerprint density at radius 1 is 1.35 bits per heavy atom. The molecule has 0 atom stereocenters. The third-order valence-electron chi connectivity index (χ3n) is 2.41. The Morgan fingerprint density at radius 3 is 2.82 bits per heavy atom. The molecule has 0 bridgehead atoms. The predicted molar refractivity (Wildman–Crippen MR) is 67.3 cm³/mol. The normalized spacial score (nSPS) is 10.4. The molecular formula is C13H12O3S. The lowest BCUT2D eigenvalue weighted by molar-refractivity contribution is -0.116. The summed E-state index contributed by atoms with van der Waals surface area (Å²) in [6, 6.07) is 6.94. The molecule has 2 aromatic rings. The zero-order valence-electron chi connectivity index (χ0n) is 9.43. The van der Waals surface area contributed by atoms with E-state index >= 15 is 0 Å². The molecule has 2 heterocycles. The van der Waals surface area contributed by atoms with Crippen molar-refractivity contribution in [1.29, 1.82) is 0 Å². The van der Waals surface area contributed by atoms with Gasteiger partial charge in [0.25, 0.3) is 0 Å². The molecule has 0 spiro atoms. The molecule has 2 aromatic heterocycles. The third kappa shape index (κ3) is 2.91. The molecule has 4 heteroatoms. The summed E-state index contributed by atoms with van der Waals surface area (Å²) in [7, 11) is 0. The summed E-state index contributed by atoms with van der Waals surface area (Å²) in [4.78, 5) is 23.2. The fourth-order valence-corrected chi connectivity index (χ4v) is 2.31. The Balaban J connectivity index is 2.38. The van der Waals surface area contributed by atoms with Crippen molar-refractivity contribution in [1.82, 2.24) is 0 Å². The van der Waals surface area contributed by atoms with Crippen molar-refractivity contribution in [3.63, 3.8) is 0 Å². The van der Waals surface area contributed by atoms with E-state index in [9.17, 15) is 9.59 Å². The van der Waals surface area contributed by atoms with Gasteiger partial charge in [-0.05, 0) is 36.4 Å². The Morgan fingerprint density at radius 2 is 2.18 bits per heavy atom. The lowest BCUT2D eigenvalue weighted by atomic mass is 10.1. The summed E-state index contributed by atoms with van der Waals surface area (Å²) in [5.74, 6) is 0.724. The summed E-state index contributed by atoms with van der Waals surface area (Å²) in [5.41, 5.74) is 0.544. The monoisotopic (exact) mass is 248 g/mol. The average molecular weight is 248 g/mol. The number of hydrogen-bond donors (Lipinski definition) is 0. The molecule has 88 valence electrons. The minimum absolute atomic E-state index is 0.133. The standard InChI is InChI=1S/C13H12O3S/c1-9(14)4-5-10-6-7-12(15)16-13(10)11-3-2-8-17-11/h2-3,6-8H,4-5H2,1H3. The van der Waals surface area contributed by atoms with Gasteiger partial charge in [0.2, 0.25) is 0 Å². The summed E-state index contributed by atoms with van der Waals surface area (Å²) >= 11 is 1.52. The van der Waals surface area contributed by atoms with Gasteiger partial charge in [-0.2, -0.15) is 0 Å². The van der Waals surface area contributed by atoms with Crippen LogP contribution in [0.5, 0.6) is 0 Å². The van der Waals surface area contributed by atoms with Gasteiger partial charge in [-0.25, -0.2) is 4.79 Å². The van der Waals surface area contributed by atoms with Gasteiger partial charge in [0, 0.05) is 12.5 Å². The highest BCUT2D eigenvalue weighted by atomic mass is 32.1. The van der Waals surface area contributed by atoms with Crippen molar-refractivity contribution >= 4 is 17.1 Å². The van der Waals surface area contributed by atoms with Gasteiger partial charge in [-0.1, -0.05) is 6.07 Å². The summed E-state index contributed by atoms with van der Waals surface area (Å²) in [5, 5.41) is 1.93. The van der Waals surface area contributed by atoms with Crippen LogP contribution in [0, 0.1) is 0 Å². The van der Waals surface area contributed by atoms with Crippen LogP contribution in [0.1, 0.15) is 18.9 Å². The van der Waals surface area contributed by atoms with Gasteiger partial charge in [0.1, 0.15) is 5.78 Å². The molecule has 0 N–H and O–H groups in total. The van der Waals surface area contributed by atoms with E-state index in [1.807, 2.05) is 17.5 Å². The average Bonchev–Trinajstić information content (AvgIpc) is 2.80. The minimum atomic E-state index is -0.361. The van der Waals surface area contributed by atoms with Gasteiger partial charge in [-0.3, -0.25) is 0 Å². The molecule has 0 aliphatic carbocycles. The van der Waals surface area contributed by atoms with E-state index in [1.54, 1.807) is 13.0 Å². The first kappa shape index (κ1) is 11.8. The molecule has 0 aliphatic heterocycles. The fourth-order valence-electron chi connectivity index (χ4n) is 1.57. The Labute approximate surface area is 103 Å². The lowest BCUT2D eigenvalue weighted by Crippen LogP contribution is -2.02. The molecule has 0 aromatic carbocycles. The Hall–Kier alpha value is -1.68. The first-order valence-corrected chi connectivity index (χ1v) is 6.21. The van der Waals surface area contributed by atoms with Crippen LogP contribution in [0.2, 0.25) is 0 Å². The second kappa shape index (κ2) is 5.10. The lowest BCUT2D eigenvalue weighted by Gasteiger charge is -2.04. The van der Waals surface area contributed by atoms with Gasteiger partial charge < -0.3 is 9.21 Å². The number of ketones is 1. The van der Waals surface area contributed by atoms with E-state index in [2.05, 4.69) is 0 Å². The van der Waals surface area contributed by atoms with Gasteiger partial charge in [0.05, 0.1) is 4.88 Å². The van der Waals surface area contributed by atoms with Gasteiger partial charge >= 0.3 is 5.63 Å². The number of thiophene rings is 1. The highest BCUT2D eigenvalue weighted by molar-refractivity contribution is 7.13. The van der Waals surface area contributed by atoms with Gasteiger partial charge in [-0.15, -0.1) is 11.3 Å². The number of carbonyl (C=O) groups excluding carboxylic acids is 1. The predicted octanol–water partition coefficient (Wildman–Crippen LogP) is 2.89. The quantitative estimate of drug-likeness (QED) is 0.835. The zero-order chi connectivity index (χ0) is 12.3. The van der Waals surface area contributed by atoms with Crippen molar-refractivity contribution in [2.75, 3.05) is 0 Å². The SMILES string of the molecule is CC(=O)CCc1ccc(=O)oc1-c1cccs1. The van der Waals surface area contributed by atoms with Crippen molar-refractivity contribution in [3.8, 4) is 10.6 Å². The number of carbonyl (C=O) groups is 1. The third-order valence-corrected chi connectivity index (χ3v) is 3.27. The largest absolute Gasteiger partial charge is 0.422 e. The van der Waals surface area contributed by atoms with E-state index in [4.69, 9.17) is 4.42 Å². The molecule has 2 rings (SSSR count). The molecule has 0 amide bonds. The summed E-state index contributed by atoms with van der Waals surface area (Å²) < 4.78 is 5.23. The van der Waals surface area contributed by atoms with Crippen molar-refractivity contribution in [2.45, 2.75) is 19.8 Å². The maximum absolute atomic E-state index is 11.2. The molecule has 0 unspecified atom stereocenters. The maximum Gasteiger partial charge on any atom is 0.336 e. The minimum Gasteiger partial charge on any atom is -0.422 e. The zero-order valence-corrected chi connectivity index (χ0v) is 10.3. The van der Waals surface area contributed by atoms with Gasteiger partial charge in [0.15, 0.2) is 5.76 Å². The summed E-state index contributed by atoms with van der Waals surface area (Å²) in [6.07, 6.45) is 1.07. The Kier molecular flexibility index (Phi) is 3.54. The van der Waals surface area contributed by atoms with E-state index in [0.29, 0.717) is 18.6 Å². The molecular weight excluding hydrogens is 236 g/mol. The molecule has 0 fully saturated rings. The van der Waals surface area contributed by atoms with Crippen molar-refractivity contribution < 1.29 is 9.21 Å². The van der Waals surface area contributed by atoms with Crippen LogP contribution in [0.3, 0.4) is 0 Å². The molecule has 0 aliphatic rings. The number of rotatable bonds is 4. The second-order valence-electron chi connectivity index (χ2n) is 3.79. The van der Waals surface area contributed by atoms with Crippen LogP contribution in [-0.2, 0) is 11.2 Å². The number of Topliss-reactive ketones (excluding diaryl/α,β-unsaturated/α-hetero) is 1. The van der Waals surface area contributed by atoms with Crippen molar-refractivity contribution in [3.05, 3.63) is 45.6 Å². The van der Waals surface area contributed by atoms with Crippen LogP contribution in [0.4, 0.5) is 0 Å². The van der Waals surface area contributed by atoms with E-state index < -0.39 is 0 Å². The maximum atomic E-state index is 11.2. The second-order valence-corrected chi connectivity index (χ2v) is 4.74. The van der Waals surface area contributed by atoms with Crippen LogP contribution in [0.15, 0.2) is 38.9 Å².